The molecule has 0 saturated carbocycles. The average Bonchev–Trinajstić information content (AvgIpc) is 3.11. The number of allylic oxidation sites excluding steroid dienone is 3. The lowest BCUT2D eigenvalue weighted by Gasteiger charge is -2.24. The standard InChI is InChI=1S/C25H26N2O4S/c1-4-14-31-24(29)21-16(2)26-25-27(22(21)18-10-12-19(30-3)13-11-18)23(28)20(32-25)15-17-8-6-5-7-9-17/h4-6,10-13,15,17,22H,1,7-9,14H2,2-3H3. The molecule has 1 aromatic heterocycles. The molecule has 6 nitrogen and oxygen atoms in total. The zero-order chi connectivity index (χ0) is 22.7. The van der Waals surface area contributed by atoms with Gasteiger partial charge < -0.3 is 9.47 Å². The number of hydrogen-bond donors (Lipinski definition) is 0. The van der Waals surface area contributed by atoms with E-state index in [1.807, 2.05) is 24.3 Å². The van der Waals surface area contributed by atoms with Crippen LogP contribution in [0.1, 0.15) is 37.8 Å². The van der Waals surface area contributed by atoms with E-state index in [1.165, 1.54) is 17.4 Å². The number of rotatable bonds is 6. The molecule has 2 unspecified atom stereocenters. The van der Waals surface area contributed by atoms with E-state index in [9.17, 15) is 9.59 Å². The van der Waals surface area contributed by atoms with Crippen molar-refractivity contribution < 1.29 is 14.3 Å². The number of methoxy groups -OCH3 is 1. The molecule has 0 radical (unpaired) electrons. The summed E-state index contributed by atoms with van der Waals surface area (Å²) in [5.41, 5.74) is 1.56. The Labute approximate surface area is 190 Å². The van der Waals surface area contributed by atoms with Crippen molar-refractivity contribution in [1.29, 1.82) is 0 Å². The molecule has 4 rings (SSSR count). The van der Waals surface area contributed by atoms with Crippen molar-refractivity contribution in [3.05, 3.63) is 85.6 Å². The van der Waals surface area contributed by atoms with Gasteiger partial charge in [0.2, 0.25) is 0 Å². The number of nitrogens with zero attached hydrogens (tertiary/aromatic N) is 2. The van der Waals surface area contributed by atoms with Crippen molar-refractivity contribution >= 4 is 23.4 Å². The second-order valence-electron chi connectivity index (χ2n) is 7.81. The van der Waals surface area contributed by atoms with E-state index in [1.54, 1.807) is 18.6 Å². The smallest absolute Gasteiger partial charge is 0.338 e. The fraction of sp³-hybridized carbons (Fsp3) is 0.320. The first-order valence-corrected chi connectivity index (χ1v) is 11.4. The SMILES string of the molecule is C=CCOC(=O)C1=C(C)N=c2sc(=CC3CC=CCC3)c(=O)n2C1c1ccc(OC)cc1. The van der Waals surface area contributed by atoms with Gasteiger partial charge in [0.05, 0.1) is 29.0 Å². The quantitative estimate of drug-likeness (QED) is 0.500. The molecule has 2 atom stereocenters. The third-order valence-corrected chi connectivity index (χ3v) is 6.70. The minimum Gasteiger partial charge on any atom is -0.497 e. The Balaban J connectivity index is 1.87. The van der Waals surface area contributed by atoms with Gasteiger partial charge in [-0.15, -0.1) is 0 Å². The Morgan fingerprint density at radius 1 is 1.31 bits per heavy atom. The van der Waals surface area contributed by atoms with Gasteiger partial charge in [-0.3, -0.25) is 9.36 Å². The monoisotopic (exact) mass is 450 g/mol. The van der Waals surface area contributed by atoms with E-state index in [0.717, 1.165) is 24.8 Å². The molecule has 32 heavy (non-hydrogen) atoms. The van der Waals surface area contributed by atoms with Gasteiger partial charge in [-0.25, -0.2) is 9.79 Å². The average molecular weight is 451 g/mol. The van der Waals surface area contributed by atoms with E-state index in [2.05, 4.69) is 29.8 Å². The van der Waals surface area contributed by atoms with Gasteiger partial charge in [-0.2, -0.15) is 0 Å². The van der Waals surface area contributed by atoms with Gasteiger partial charge in [-0.05, 0) is 49.8 Å². The minimum atomic E-state index is -0.622. The Morgan fingerprint density at radius 3 is 2.75 bits per heavy atom. The second-order valence-corrected chi connectivity index (χ2v) is 8.82. The van der Waals surface area contributed by atoms with Crippen molar-refractivity contribution in [1.82, 2.24) is 4.57 Å². The Morgan fingerprint density at radius 2 is 2.09 bits per heavy atom. The third-order valence-electron chi connectivity index (χ3n) is 5.70. The lowest BCUT2D eigenvalue weighted by molar-refractivity contribution is -0.138. The highest BCUT2D eigenvalue weighted by atomic mass is 32.1. The zero-order valence-corrected chi connectivity index (χ0v) is 19.1. The highest BCUT2D eigenvalue weighted by molar-refractivity contribution is 7.07. The molecule has 1 aromatic carbocycles. The van der Waals surface area contributed by atoms with Crippen LogP contribution in [0.2, 0.25) is 0 Å². The fourth-order valence-electron chi connectivity index (χ4n) is 4.09. The van der Waals surface area contributed by atoms with Crippen LogP contribution in [0.4, 0.5) is 0 Å². The number of fused-ring (bicyclic) bond motifs is 1. The maximum atomic E-state index is 13.5. The lowest BCUT2D eigenvalue weighted by atomic mass is 9.94. The van der Waals surface area contributed by atoms with E-state index < -0.39 is 12.0 Å². The van der Waals surface area contributed by atoms with Gasteiger partial charge in [0.25, 0.3) is 5.56 Å². The molecule has 0 fully saturated rings. The summed E-state index contributed by atoms with van der Waals surface area (Å²) >= 11 is 1.37. The van der Waals surface area contributed by atoms with Gasteiger partial charge in [0.15, 0.2) is 4.80 Å². The Bertz CT molecular complexity index is 1260. The molecule has 0 amide bonds. The number of aromatic nitrogens is 1. The van der Waals surface area contributed by atoms with Crippen LogP contribution in [-0.4, -0.2) is 24.3 Å². The molecule has 0 bridgehead atoms. The predicted molar refractivity (Wildman–Crippen MR) is 125 cm³/mol. The van der Waals surface area contributed by atoms with Gasteiger partial charge in [0.1, 0.15) is 12.4 Å². The topological polar surface area (TPSA) is 69.9 Å². The normalized spacial score (nSPS) is 20.5. The molecule has 2 aliphatic rings. The number of esters is 1. The van der Waals surface area contributed by atoms with Crippen LogP contribution in [0.25, 0.3) is 6.08 Å². The molecule has 1 aliphatic heterocycles. The van der Waals surface area contributed by atoms with Crippen LogP contribution in [0.15, 0.2) is 70.1 Å². The van der Waals surface area contributed by atoms with E-state index >= 15 is 0 Å². The molecule has 0 saturated heterocycles. The summed E-state index contributed by atoms with van der Waals surface area (Å²) in [6.45, 7) is 5.48. The van der Waals surface area contributed by atoms with Crippen LogP contribution in [0.5, 0.6) is 5.75 Å². The molecule has 0 N–H and O–H groups in total. The van der Waals surface area contributed by atoms with Crippen LogP contribution >= 0.6 is 11.3 Å². The third kappa shape index (κ3) is 4.25. The summed E-state index contributed by atoms with van der Waals surface area (Å²) in [6.07, 6.45) is 10.9. The predicted octanol–water partition coefficient (Wildman–Crippen LogP) is 3.28. The van der Waals surface area contributed by atoms with Crippen molar-refractivity contribution in [2.45, 2.75) is 32.2 Å². The van der Waals surface area contributed by atoms with E-state index in [-0.39, 0.29) is 12.2 Å². The summed E-state index contributed by atoms with van der Waals surface area (Å²) in [4.78, 5) is 31.7. The Kier molecular flexibility index (Phi) is 6.55. The number of thiazole rings is 1. The van der Waals surface area contributed by atoms with Crippen LogP contribution in [0.3, 0.4) is 0 Å². The van der Waals surface area contributed by atoms with Crippen LogP contribution < -0.4 is 19.6 Å². The molecule has 7 heteroatoms. The largest absolute Gasteiger partial charge is 0.497 e. The van der Waals surface area contributed by atoms with Gasteiger partial charge >= 0.3 is 5.97 Å². The van der Waals surface area contributed by atoms with Gasteiger partial charge in [-0.1, -0.05) is 54.4 Å². The van der Waals surface area contributed by atoms with E-state index in [4.69, 9.17) is 9.47 Å². The maximum Gasteiger partial charge on any atom is 0.338 e. The molecule has 2 heterocycles. The first kappa shape index (κ1) is 22.0. The number of ether oxygens (including phenoxy) is 2. The highest BCUT2D eigenvalue weighted by Crippen LogP contribution is 2.31. The lowest BCUT2D eigenvalue weighted by Crippen LogP contribution is -2.40. The zero-order valence-electron chi connectivity index (χ0n) is 18.2. The first-order valence-electron chi connectivity index (χ1n) is 10.6. The van der Waals surface area contributed by atoms with Crippen LogP contribution in [0, 0.1) is 5.92 Å². The summed E-state index contributed by atoms with van der Waals surface area (Å²) in [6, 6.07) is 6.75. The number of benzene rings is 1. The van der Waals surface area contributed by atoms with E-state index in [0.29, 0.717) is 32.3 Å². The molecule has 1 aliphatic carbocycles. The minimum absolute atomic E-state index is 0.0879. The molecule has 2 aromatic rings. The van der Waals surface area contributed by atoms with Crippen molar-refractivity contribution in [3.63, 3.8) is 0 Å². The molecule has 166 valence electrons. The van der Waals surface area contributed by atoms with Crippen molar-refractivity contribution in [3.8, 4) is 5.75 Å². The van der Waals surface area contributed by atoms with Crippen molar-refractivity contribution in [2.75, 3.05) is 13.7 Å². The molecule has 0 spiro atoms. The molecular formula is C25H26N2O4S. The summed E-state index contributed by atoms with van der Waals surface area (Å²) < 4.78 is 12.9. The van der Waals surface area contributed by atoms with Gasteiger partial charge in [0, 0.05) is 0 Å². The molecular weight excluding hydrogens is 424 g/mol. The van der Waals surface area contributed by atoms with Crippen molar-refractivity contribution in [2.24, 2.45) is 10.9 Å². The highest BCUT2D eigenvalue weighted by Gasteiger charge is 2.33. The van der Waals surface area contributed by atoms with Crippen LogP contribution in [-0.2, 0) is 9.53 Å². The maximum absolute atomic E-state index is 13.5. The number of carbonyl (C=O) groups is 1. The summed E-state index contributed by atoms with van der Waals surface area (Å²) in [5, 5.41) is 0. The fourth-order valence-corrected chi connectivity index (χ4v) is 5.21. The summed E-state index contributed by atoms with van der Waals surface area (Å²) in [7, 11) is 1.60. The Hall–Kier alpha value is -3.19. The first-order chi connectivity index (χ1) is 15.5. The summed E-state index contributed by atoms with van der Waals surface area (Å²) in [5.74, 6) is 0.528. The number of carbonyl (C=O) groups excluding carboxylic acids is 1. The second kappa shape index (κ2) is 9.53. The number of hydrogen-bond acceptors (Lipinski definition) is 6.